The topological polar surface area (TPSA) is 64.6 Å². The molecule has 2 atom stereocenters. The van der Waals surface area contributed by atoms with Gasteiger partial charge in [0.25, 0.3) is 0 Å². The van der Waals surface area contributed by atoms with E-state index < -0.39 is 0 Å². The molecule has 2 aromatic rings. The zero-order chi connectivity index (χ0) is 19.1. The molecule has 0 aromatic carbocycles. The number of carbonyl (C=O) groups is 1. The van der Waals surface area contributed by atoms with E-state index in [1.165, 1.54) is 24.2 Å². The van der Waals surface area contributed by atoms with Gasteiger partial charge in [-0.3, -0.25) is 10.2 Å². The second kappa shape index (κ2) is 7.24. The van der Waals surface area contributed by atoms with Crippen LogP contribution in [0.15, 0.2) is 23.7 Å². The first-order valence-electron chi connectivity index (χ1n) is 10.2. The summed E-state index contributed by atoms with van der Waals surface area (Å²) in [5, 5.41) is 5.47. The van der Waals surface area contributed by atoms with Crippen molar-refractivity contribution in [3.05, 3.63) is 23.7 Å². The third-order valence-electron chi connectivity index (χ3n) is 6.02. The van der Waals surface area contributed by atoms with Crippen LogP contribution in [0, 0.1) is 5.92 Å². The van der Waals surface area contributed by atoms with E-state index in [2.05, 4.69) is 39.2 Å². The fourth-order valence-electron chi connectivity index (χ4n) is 4.68. The van der Waals surface area contributed by atoms with E-state index in [0.717, 1.165) is 56.3 Å². The molecule has 2 saturated heterocycles. The SMILES string of the molecule is CC1CCCN(c2ccc3c(n2)N(C(=O)Nc2nccs2)[C@H]2CCCN3C2)C1. The summed E-state index contributed by atoms with van der Waals surface area (Å²) >= 11 is 1.44. The van der Waals surface area contributed by atoms with Gasteiger partial charge in [-0.25, -0.2) is 14.8 Å². The largest absolute Gasteiger partial charge is 0.366 e. The summed E-state index contributed by atoms with van der Waals surface area (Å²) in [6.07, 6.45) is 6.29. The first kappa shape index (κ1) is 17.7. The van der Waals surface area contributed by atoms with Gasteiger partial charge in [-0.05, 0) is 43.7 Å². The van der Waals surface area contributed by atoms with Crippen molar-refractivity contribution in [1.29, 1.82) is 0 Å². The van der Waals surface area contributed by atoms with Crippen LogP contribution < -0.4 is 20.0 Å². The van der Waals surface area contributed by atoms with Gasteiger partial charge in [0, 0.05) is 37.8 Å². The summed E-state index contributed by atoms with van der Waals surface area (Å²) in [6, 6.07) is 4.31. The number of fused-ring (bicyclic) bond motifs is 4. The fraction of sp³-hybridized carbons (Fsp3) is 0.550. The first-order chi connectivity index (χ1) is 13.7. The summed E-state index contributed by atoms with van der Waals surface area (Å²) in [5.74, 6) is 2.46. The second-order valence-corrected chi connectivity index (χ2v) is 8.98. The summed E-state index contributed by atoms with van der Waals surface area (Å²) < 4.78 is 0. The molecule has 0 saturated carbocycles. The van der Waals surface area contributed by atoms with Gasteiger partial charge in [-0.2, -0.15) is 0 Å². The lowest BCUT2D eigenvalue weighted by molar-refractivity contribution is 0.252. The van der Waals surface area contributed by atoms with E-state index in [9.17, 15) is 4.79 Å². The number of nitrogens with zero attached hydrogens (tertiary/aromatic N) is 5. The molecule has 2 bridgehead atoms. The summed E-state index contributed by atoms with van der Waals surface area (Å²) in [6.45, 7) is 6.28. The van der Waals surface area contributed by atoms with E-state index >= 15 is 0 Å². The maximum Gasteiger partial charge on any atom is 0.329 e. The maximum atomic E-state index is 13.2. The lowest BCUT2D eigenvalue weighted by atomic mass is 9.99. The molecular formula is C20H26N6OS. The van der Waals surface area contributed by atoms with Crippen LogP contribution in [0.25, 0.3) is 0 Å². The van der Waals surface area contributed by atoms with Crippen molar-refractivity contribution in [3.8, 4) is 0 Å². The van der Waals surface area contributed by atoms with E-state index in [4.69, 9.17) is 4.98 Å². The molecule has 8 heteroatoms. The Labute approximate surface area is 169 Å². The van der Waals surface area contributed by atoms with Crippen LogP contribution >= 0.6 is 11.3 Å². The Morgan fingerprint density at radius 2 is 2.04 bits per heavy atom. The molecule has 0 aliphatic carbocycles. The Hall–Kier alpha value is -2.35. The molecule has 0 radical (unpaired) electrons. The third kappa shape index (κ3) is 3.19. The van der Waals surface area contributed by atoms with Crippen molar-refractivity contribution >= 4 is 39.8 Å². The normalized spacial score (nSPS) is 24.1. The minimum atomic E-state index is -0.126. The van der Waals surface area contributed by atoms with Gasteiger partial charge in [0.1, 0.15) is 5.82 Å². The molecule has 0 spiro atoms. The van der Waals surface area contributed by atoms with E-state index in [1.54, 1.807) is 6.20 Å². The molecule has 7 nitrogen and oxygen atoms in total. The average Bonchev–Trinajstić information content (AvgIpc) is 3.21. The van der Waals surface area contributed by atoms with E-state index in [-0.39, 0.29) is 12.1 Å². The highest BCUT2D eigenvalue weighted by molar-refractivity contribution is 7.13. The Morgan fingerprint density at radius 3 is 2.86 bits per heavy atom. The van der Waals surface area contributed by atoms with Crippen molar-refractivity contribution < 1.29 is 4.79 Å². The highest BCUT2D eigenvalue weighted by Crippen LogP contribution is 2.40. The fourth-order valence-corrected chi connectivity index (χ4v) is 5.20. The maximum absolute atomic E-state index is 13.2. The van der Waals surface area contributed by atoms with E-state index in [0.29, 0.717) is 11.0 Å². The van der Waals surface area contributed by atoms with Gasteiger partial charge in [0.15, 0.2) is 10.9 Å². The second-order valence-electron chi connectivity index (χ2n) is 8.09. The van der Waals surface area contributed by atoms with Crippen molar-refractivity contribution in [3.63, 3.8) is 0 Å². The van der Waals surface area contributed by atoms with Crippen LogP contribution in [0.1, 0.15) is 32.6 Å². The molecule has 3 aliphatic rings. The molecule has 1 N–H and O–H groups in total. The number of amides is 2. The minimum Gasteiger partial charge on any atom is -0.366 e. The number of thiazole rings is 1. The molecule has 2 fully saturated rings. The van der Waals surface area contributed by atoms with Crippen LogP contribution in [0.2, 0.25) is 0 Å². The number of nitrogens with one attached hydrogen (secondary N) is 1. The number of carbonyl (C=O) groups excluding carboxylic acids is 1. The Bertz CT molecular complexity index is 856. The van der Waals surface area contributed by atoms with Crippen LogP contribution in [-0.4, -0.2) is 48.2 Å². The molecule has 28 heavy (non-hydrogen) atoms. The average molecular weight is 399 g/mol. The summed E-state index contributed by atoms with van der Waals surface area (Å²) in [5.41, 5.74) is 1.07. The van der Waals surface area contributed by atoms with Crippen molar-refractivity contribution in [1.82, 2.24) is 9.97 Å². The Morgan fingerprint density at radius 1 is 1.18 bits per heavy atom. The summed E-state index contributed by atoms with van der Waals surface area (Å²) in [4.78, 5) is 29.0. The minimum absolute atomic E-state index is 0.126. The lowest BCUT2D eigenvalue weighted by Crippen LogP contribution is -2.56. The Balaban J connectivity index is 1.50. The van der Waals surface area contributed by atoms with Crippen LogP contribution in [0.3, 0.4) is 0 Å². The number of pyridine rings is 1. The molecule has 2 amide bonds. The van der Waals surface area contributed by atoms with E-state index in [1.807, 2.05) is 10.3 Å². The van der Waals surface area contributed by atoms with Crippen molar-refractivity contribution in [2.24, 2.45) is 5.92 Å². The number of hydrogen-bond acceptors (Lipinski definition) is 6. The predicted octanol–water partition coefficient (Wildman–Crippen LogP) is 3.80. The predicted molar refractivity (Wildman–Crippen MR) is 114 cm³/mol. The van der Waals surface area contributed by atoms with Gasteiger partial charge < -0.3 is 9.80 Å². The number of anilines is 4. The molecule has 5 rings (SSSR count). The van der Waals surface area contributed by atoms with Gasteiger partial charge >= 0.3 is 6.03 Å². The van der Waals surface area contributed by atoms with Gasteiger partial charge in [-0.1, -0.05) is 6.92 Å². The van der Waals surface area contributed by atoms with Gasteiger partial charge in [0.05, 0.1) is 11.7 Å². The molecule has 3 aliphatic heterocycles. The molecule has 148 valence electrons. The van der Waals surface area contributed by atoms with Crippen LogP contribution in [0.4, 0.5) is 27.2 Å². The smallest absolute Gasteiger partial charge is 0.329 e. The molecule has 1 unspecified atom stereocenters. The highest BCUT2D eigenvalue weighted by Gasteiger charge is 2.38. The zero-order valence-electron chi connectivity index (χ0n) is 16.2. The van der Waals surface area contributed by atoms with Gasteiger partial charge in [-0.15, -0.1) is 11.3 Å². The summed E-state index contributed by atoms with van der Waals surface area (Å²) in [7, 11) is 0. The first-order valence-corrected chi connectivity index (χ1v) is 11.1. The number of urea groups is 1. The molecule has 2 aromatic heterocycles. The van der Waals surface area contributed by atoms with Crippen molar-refractivity contribution in [2.45, 2.75) is 38.6 Å². The van der Waals surface area contributed by atoms with Crippen molar-refractivity contribution in [2.75, 3.05) is 46.2 Å². The van der Waals surface area contributed by atoms with Gasteiger partial charge in [0.2, 0.25) is 0 Å². The number of hydrogen-bond donors (Lipinski definition) is 1. The number of rotatable bonds is 2. The zero-order valence-corrected chi connectivity index (χ0v) is 17.0. The lowest BCUT2D eigenvalue weighted by Gasteiger charge is -2.46. The monoisotopic (exact) mass is 398 g/mol. The Kier molecular flexibility index (Phi) is 4.58. The quantitative estimate of drug-likeness (QED) is 0.834. The van der Waals surface area contributed by atoms with Crippen LogP contribution in [0.5, 0.6) is 0 Å². The third-order valence-corrected chi connectivity index (χ3v) is 6.70. The molecular weight excluding hydrogens is 372 g/mol. The molecule has 5 heterocycles. The number of aromatic nitrogens is 2. The number of piperidine rings is 2. The highest BCUT2D eigenvalue weighted by atomic mass is 32.1. The standard InChI is InChI=1S/C20H26N6OS/c1-14-4-2-10-25(12-14)17-7-6-16-18(22-17)26(15-5-3-9-24(16)13-15)20(27)23-19-21-8-11-28-19/h6-8,11,14-15H,2-5,9-10,12-13H2,1H3,(H,21,23,27)/t14?,15-/m0/s1. The van der Waals surface area contributed by atoms with Crippen LogP contribution in [-0.2, 0) is 0 Å².